The van der Waals surface area contributed by atoms with Gasteiger partial charge in [-0.05, 0) is 78.5 Å². The van der Waals surface area contributed by atoms with Gasteiger partial charge in [-0.1, -0.05) is 178 Å². The van der Waals surface area contributed by atoms with Gasteiger partial charge in [0.15, 0.2) is 5.82 Å². The Morgan fingerprint density at radius 3 is 1.73 bits per heavy atom. The summed E-state index contributed by atoms with van der Waals surface area (Å²) in [6, 6.07) is 62.8. The first kappa shape index (κ1) is 32.7. The Kier molecular flexibility index (Phi) is 7.81. The summed E-state index contributed by atoms with van der Waals surface area (Å²) < 4.78 is 0. The molecular weight excluding hydrogens is 667 g/mol. The molecule has 0 N–H and O–H groups in total. The Labute approximate surface area is 321 Å². The third kappa shape index (κ3) is 5.64. The normalized spacial score (nSPS) is 12.7. The van der Waals surface area contributed by atoms with Crippen molar-refractivity contribution in [3.05, 3.63) is 199 Å². The summed E-state index contributed by atoms with van der Waals surface area (Å²) in [6.45, 7) is 4.71. The standard InChI is InChI=1S/C52H37N3/c1-52(2)47-20-9-8-17-44(47)46-19-10-18-41(50(46)52)36-25-23-35(24-26-36)40-29-30-45(43-16-7-6-15-42(40)43)49-32-48(54-51(55-49)38-12-4-3-5-13-38)37-27-21-34(22-28-37)39-14-11-31-53-33-39/h3-33H,1-2H3. The summed E-state index contributed by atoms with van der Waals surface area (Å²) in [4.78, 5) is 14.6. The predicted molar refractivity (Wildman–Crippen MR) is 228 cm³/mol. The van der Waals surface area contributed by atoms with Crippen molar-refractivity contribution in [3.8, 4) is 78.4 Å². The van der Waals surface area contributed by atoms with Gasteiger partial charge in [-0.15, -0.1) is 0 Å². The summed E-state index contributed by atoms with van der Waals surface area (Å²) >= 11 is 0. The van der Waals surface area contributed by atoms with E-state index in [4.69, 9.17) is 9.97 Å². The van der Waals surface area contributed by atoms with Crippen LogP contribution in [-0.4, -0.2) is 15.0 Å². The fourth-order valence-electron chi connectivity index (χ4n) is 8.51. The number of nitrogens with zero attached hydrogens (tertiary/aromatic N) is 3. The zero-order valence-corrected chi connectivity index (χ0v) is 30.7. The highest BCUT2D eigenvalue weighted by molar-refractivity contribution is 6.05. The van der Waals surface area contributed by atoms with Crippen molar-refractivity contribution < 1.29 is 0 Å². The summed E-state index contributed by atoms with van der Waals surface area (Å²) in [5, 5.41) is 2.34. The van der Waals surface area contributed by atoms with Crippen molar-refractivity contribution >= 4 is 10.8 Å². The van der Waals surface area contributed by atoms with E-state index in [1.807, 2.05) is 30.5 Å². The van der Waals surface area contributed by atoms with Crippen molar-refractivity contribution in [1.82, 2.24) is 15.0 Å². The molecule has 0 unspecified atom stereocenters. The molecule has 0 radical (unpaired) electrons. The van der Waals surface area contributed by atoms with E-state index in [-0.39, 0.29) is 5.41 Å². The lowest BCUT2D eigenvalue weighted by Crippen LogP contribution is -2.16. The Hall–Kier alpha value is -6.97. The minimum absolute atomic E-state index is 0.0716. The third-order valence-electron chi connectivity index (χ3n) is 11.2. The molecule has 7 aromatic carbocycles. The molecule has 0 aliphatic heterocycles. The van der Waals surface area contributed by atoms with Gasteiger partial charge in [0.2, 0.25) is 0 Å². The maximum absolute atomic E-state index is 5.20. The smallest absolute Gasteiger partial charge is 0.160 e. The first-order valence-corrected chi connectivity index (χ1v) is 18.8. The number of benzene rings is 7. The minimum atomic E-state index is -0.0716. The fraction of sp³-hybridized carbons (Fsp3) is 0.0577. The maximum Gasteiger partial charge on any atom is 0.160 e. The molecule has 0 bridgehead atoms. The van der Waals surface area contributed by atoms with E-state index >= 15 is 0 Å². The van der Waals surface area contributed by atoms with Crippen molar-refractivity contribution in [2.45, 2.75) is 19.3 Å². The highest BCUT2D eigenvalue weighted by atomic mass is 14.9. The van der Waals surface area contributed by atoms with E-state index in [0.717, 1.165) is 44.6 Å². The van der Waals surface area contributed by atoms with E-state index in [0.29, 0.717) is 5.82 Å². The molecule has 2 aromatic heterocycles. The SMILES string of the molecule is CC1(C)c2ccccc2-c2cccc(-c3ccc(-c4ccc(-c5cc(-c6ccc(-c7cccnc7)cc6)nc(-c6ccccc6)n5)c5ccccc45)cc3)c21. The van der Waals surface area contributed by atoms with Crippen molar-refractivity contribution in [1.29, 1.82) is 0 Å². The molecule has 3 nitrogen and oxygen atoms in total. The second kappa shape index (κ2) is 13.2. The van der Waals surface area contributed by atoms with Gasteiger partial charge in [-0.3, -0.25) is 4.98 Å². The average Bonchev–Trinajstić information content (AvgIpc) is 3.50. The van der Waals surface area contributed by atoms with Crippen molar-refractivity contribution in [2.24, 2.45) is 0 Å². The summed E-state index contributed by atoms with van der Waals surface area (Å²) in [7, 11) is 0. The first-order chi connectivity index (χ1) is 27.0. The molecule has 55 heavy (non-hydrogen) atoms. The third-order valence-corrected chi connectivity index (χ3v) is 11.2. The molecule has 0 amide bonds. The molecule has 0 saturated carbocycles. The van der Waals surface area contributed by atoms with Crippen LogP contribution >= 0.6 is 0 Å². The van der Waals surface area contributed by atoms with Crippen LogP contribution < -0.4 is 0 Å². The number of hydrogen-bond acceptors (Lipinski definition) is 3. The maximum atomic E-state index is 5.20. The molecule has 1 aliphatic carbocycles. The van der Waals surface area contributed by atoms with E-state index in [9.17, 15) is 0 Å². The lowest BCUT2D eigenvalue weighted by atomic mass is 9.79. The minimum Gasteiger partial charge on any atom is -0.264 e. The van der Waals surface area contributed by atoms with Gasteiger partial charge in [0.1, 0.15) is 0 Å². The molecule has 10 rings (SSSR count). The van der Waals surface area contributed by atoms with Crippen LogP contribution in [0.2, 0.25) is 0 Å². The monoisotopic (exact) mass is 703 g/mol. The zero-order valence-electron chi connectivity index (χ0n) is 30.7. The van der Waals surface area contributed by atoms with Gasteiger partial charge < -0.3 is 0 Å². The van der Waals surface area contributed by atoms with Gasteiger partial charge in [-0.2, -0.15) is 0 Å². The van der Waals surface area contributed by atoms with Crippen LogP contribution in [0.5, 0.6) is 0 Å². The lowest BCUT2D eigenvalue weighted by molar-refractivity contribution is 0.662. The summed E-state index contributed by atoms with van der Waals surface area (Å²) in [5.74, 6) is 0.701. The van der Waals surface area contributed by atoms with Gasteiger partial charge in [0.05, 0.1) is 11.4 Å². The Morgan fingerprint density at radius 2 is 0.964 bits per heavy atom. The number of pyridine rings is 1. The topological polar surface area (TPSA) is 38.7 Å². The van der Waals surface area contributed by atoms with Crippen molar-refractivity contribution in [3.63, 3.8) is 0 Å². The molecule has 0 fully saturated rings. The second-order valence-electron chi connectivity index (χ2n) is 14.8. The quantitative estimate of drug-likeness (QED) is 0.173. The summed E-state index contributed by atoms with van der Waals surface area (Å²) in [5.41, 5.74) is 17.4. The lowest BCUT2D eigenvalue weighted by Gasteiger charge is -2.24. The number of rotatable bonds is 6. The average molecular weight is 704 g/mol. The second-order valence-corrected chi connectivity index (χ2v) is 14.8. The number of aromatic nitrogens is 3. The molecule has 1 aliphatic rings. The largest absolute Gasteiger partial charge is 0.264 e. The highest BCUT2D eigenvalue weighted by Crippen LogP contribution is 2.52. The molecule has 260 valence electrons. The van der Waals surface area contributed by atoms with Crippen LogP contribution in [0.25, 0.3) is 89.2 Å². The number of hydrogen-bond donors (Lipinski definition) is 0. The Bertz CT molecular complexity index is 2860. The van der Waals surface area contributed by atoms with Crippen LogP contribution in [0, 0.1) is 0 Å². The molecule has 0 spiro atoms. The van der Waals surface area contributed by atoms with Crippen molar-refractivity contribution in [2.75, 3.05) is 0 Å². The van der Waals surface area contributed by atoms with Crippen LogP contribution in [0.1, 0.15) is 25.0 Å². The molecular formula is C52H37N3. The van der Waals surface area contributed by atoms with Gasteiger partial charge in [0, 0.05) is 34.5 Å². The van der Waals surface area contributed by atoms with E-state index < -0.39 is 0 Å². The van der Waals surface area contributed by atoms with Crippen LogP contribution in [0.3, 0.4) is 0 Å². The van der Waals surface area contributed by atoms with Gasteiger partial charge in [-0.25, -0.2) is 9.97 Å². The Morgan fingerprint density at radius 1 is 0.382 bits per heavy atom. The van der Waals surface area contributed by atoms with Crippen LogP contribution in [0.4, 0.5) is 0 Å². The first-order valence-electron chi connectivity index (χ1n) is 18.8. The molecule has 9 aromatic rings. The predicted octanol–water partition coefficient (Wildman–Crippen LogP) is 13.3. The fourth-order valence-corrected chi connectivity index (χ4v) is 8.51. The van der Waals surface area contributed by atoms with E-state index in [2.05, 4.69) is 170 Å². The van der Waals surface area contributed by atoms with Crippen LogP contribution in [0.15, 0.2) is 188 Å². The van der Waals surface area contributed by atoms with Gasteiger partial charge >= 0.3 is 0 Å². The molecule has 3 heteroatoms. The van der Waals surface area contributed by atoms with Gasteiger partial charge in [0.25, 0.3) is 0 Å². The van der Waals surface area contributed by atoms with E-state index in [1.54, 1.807) is 6.20 Å². The molecule has 2 heterocycles. The summed E-state index contributed by atoms with van der Waals surface area (Å²) in [6.07, 6.45) is 3.69. The Balaban J connectivity index is 1.05. The molecule has 0 atom stereocenters. The van der Waals surface area contributed by atoms with Crippen LogP contribution in [-0.2, 0) is 5.41 Å². The number of fused-ring (bicyclic) bond motifs is 4. The molecule has 0 saturated heterocycles. The van der Waals surface area contributed by atoms with E-state index in [1.165, 1.54) is 49.9 Å². The zero-order chi connectivity index (χ0) is 36.9. The highest BCUT2D eigenvalue weighted by Gasteiger charge is 2.37.